The van der Waals surface area contributed by atoms with Crippen LogP contribution in [0.3, 0.4) is 0 Å². The predicted molar refractivity (Wildman–Crippen MR) is 386 cm³/mol. The average molecular weight is 1180 g/mol. The third-order valence-corrected chi connectivity index (χ3v) is 19.0. The molecule has 434 valence electrons. The van der Waals surface area contributed by atoms with Crippen LogP contribution in [0, 0.1) is 27.7 Å². The summed E-state index contributed by atoms with van der Waals surface area (Å²) in [6.07, 6.45) is 3.96. The van der Waals surface area contributed by atoms with Gasteiger partial charge in [0.15, 0.2) is 11.6 Å². The summed E-state index contributed by atoms with van der Waals surface area (Å²) >= 11 is 0. The van der Waals surface area contributed by atoms with Gasteiger partial charge < -0.3 is 9.13 Å². The minimum Gasteiger partial charge on any atom is -0.305 e. The molecule has 0 aliphatic carbocycles. The van der Waals surface area contributed by atoms with Gasteiger partial charge in [0.2, 0.25) is 0 Å². The van der Waals surface area contributed by atoms with Crippen LogP contribution in [0.25, 0.3) is 166 Å². The number of aryl methyl sites for hydroxylation is 4. The third kappa shape index (κ3) is 8.34. The average Bonchev–Trinajstić information content (AvgIpc) is 1.47. The Labute approximate surface area is 532 Å². The van der Waals surface area contributed by atoms with Crippen LogP contribution in [0.4, 0.5) is 0 Å². The van der Waals surface area contributed by atoms with E-state index >= 15 is 0 Å². The maximum atomic E-state index is 6.60. The lowest BCUT2D eigenvalue weighted by Crippen LogP contribution is -2.16. The molecule has 0 amide bonds. The van der Waals surface area contributed by atoms with Gasteiger partial charge in [-0.1, -0.05) is 198 Å². The molecule has 0 aliphatic heterocycles. The summed E-state index contributed by atoms with van der Waals surface area (Å²) in [5.41, 5.74) is 26.2. The molecule has 6 aromatic heterocycles. The summed E-state index contributed by atoms with van der Waals surface area (Å²) in [7, 11) is 0. The Kier molecular flexibility index (Phi) is 12.1. The van der Waals surface area contributed by atoms with Gasteiger partial charge in [0, 0.05) is 66.6 Å². The van der Waals surface area contributed by atoms with Crippen molar-refractivity contribution in [1.29, 1.82) is 0 Å². The van der Waals surface area contributed by atoms with E-state index in [1.165, 1.54) is 43.8 Å². The van der Waals surface area contributed by atoms with E-state index in [4.69, 9.17) is 9.97 Å². The summed E-state index contributed by atoms with van der Waals surface area (Å²) in [4.78, 5) is 11.7. The highest BCUT2D eigenvalue weighted by Crippen LogP contribution is 2.50. The monoisotopic (exact) mass is 1180 g/mol. The Morgan fingerprint density at radius 3 is 0.772 bits per heavy atom. The molecule has 0 atom stereocenters. The van der Waals surface area contributed by atoms with Gasteiger partial charge in [-0.05, 0) is 175 Å². The van der Waals surface area contributed by atoms with E-state index in [9.17, 15) is 0 Å². The molecule has 12 aromatic carbocycles. The molecule has 0 fully saturated rings. The first kappa shape index (κ1) is 53.2. The zero-order chi connectivity index (χ0) is 61.3. The fourth-order valence-electron chi connectivity index (χ4n) is 14.8. The highest BCUT2D eigenvalue weighted by molar-refractivity contribution is 6.17. The quantitative estimate of drug-likeness (QED) is 0.145. The van der Waals surface area contributed by atoms with E-state index in [-0.39, 0.29) is 0 Å². The second-order valence-electron chi connectivity index (χ2n) is 24.9. The van der Waals surface area contributed by atoms with Gasteiger partial charge in [0.05, 0.1) is 44.1 Å². The van der Waals surface area contributed by atoms with Gasteiger partial charge in [-0.25, -0.2) is 4.98 Å². The van der Waals surface area contributed by atoms with E-state index in [1.807, 2.05) is 6.20 Å². The standard InChI is InChI=1S/C86H60N6/c1-53-27-35-78-66(44-53)67-45-54(2)28-36-79(67)91(78)85-83(89-74-39-31-61(57-18-9-5-10-19-57)48-70(74)71-49-62(32-40-75(71)89)58-20-11-6-12-21-58)82(65-26-17-43-87-52-65)84(86(88-85)92-80-37-29-55(3)46-68(80)69-47-56(4)30-38-81(69)92)90-76-41-33-63(59-22-13-7-14-23-59)50-72(76)73-51-64(34-42-77(73)90)60-24-15-8-16-25-60/h5-52H,1-4H3. The van der Waals surface area contributed by atoms with Crippen LogP contribution in [-0.2, 0) is 0 Å². The zero-order valence-corrected chi connectivity index (χ0v) is 51.4. The largest absolute Gasteiger partial charge is 0.305 e. The SMILES string of the molecule is Cc1ccc2c(c1)c1cc(C)ccc1n2-c1nc(-n2c3ccc(C)cc3c3cc(C)ccc32)c(-n2c3ccc(-c4ccccc4)cc3c3cc(-c4ccccc4)ccc32)c(-c2cccnc2)c1-n1c2ccc(-c3ccccc3)cc2c2cc(-c3ccccc3)ccc21. The van der Waals surface area contributed by atoms with Gasteiger partial charge in [-0.2, -0.15) is 0 Å². The fraction of sp³-hybridized carbons (Fsp3) is 0.0465. The molecular weight excluding hydrogens is 1120 g/mol. The molecule has 0 aliphatic rings. The molecule has 6 heterocycles. The molecule has 0 saturated heterocycles. The van der Waals surface area contributed by atoms with Gasteiger partial charge in [0.25, 0.3) is 0 Å². The number of pyridine rings is 2. The van der Waals surface area contributed by atoms with Crippen molar-refractivity contribution in [3.63, 3.8) is 0 Å². The summed E-state index contributed by atoms with van der Waals surface area (Å²) in [5.74, 6) is 1.56. The van der Waals surface area contributed by atoms with Crippen LogP contribution in [0.1, 0.15) is 22.3 Å². The number of nitrogens with zero attached hydrogens (tertiary/aromatic N) is 6. The highest BCUT2D eigenvalue weighted by Gasteiger charge is 2.33. The minimum atomic E-state index is 0.779. The molecule has 92 heavy (non-hydrogen) atoms. The molecular formula is C86H60N6. The van der Waals surface area contributed by atoms with Crippen molar-refractivity contribution in [1.82, 2.24) is 28.2 Å². The van der Waals surface area contributed by atoms with Crippen molar-refractivity contribution in [2.45, 2.75) is 27.7 Å². The Bertz CT molecular complexity index is 5350. The Hall–Kier alpha value is -11.9. The van der Waals surface area contributed by atoms with E-state index in [1.54, 1.807) is 0 Å². The van der Waals surface area contributed by atoms with E-state index in [0.29, 0.717) is 0 Å². The first-order valence-corrected chi connectivity index (χ1v) is 31.7. The van der Waals surface area contributed by atoms with E-state index in [0.717, 1.165) is 144 Å². The van der Waals surface area contributed by atoms with Crippen LogP contribution in [0.15, 0.2) is 291 Å². The lowest BCUT2D eigenvalue weighted by molar-refractivity contribution is 0.960. The van der Waals surface area contributed by atoms with Crippen LogP contribution in [0.5, 0.6) is 0 Å². The van der Waals surface area contributed by atoms with Crippen molar-refractivity contribution in [2.24, 2.45) is 0 Å². The van der Waals surface area contributed by atoms with Crippen molar-refractivity contribution in [3.05, 3.63) is 314 Å². The molecule has 0 N–H and O–H groups in total. The van der Waals surface area contributed by atoms with Gasteiger partial charge >= 0.3 is 0 Å². The van der Waals surface area contributed by atoms with Crippen LogP contribution < -0.4 is 0 Å². The normalized spacial score (nSPS) is 11.9. The molecule has 0 saturated carbocycles. The second kappa shape index (κ2) is 20.9. The van der Waals surface area contributed by atoms with Crippen LogP contribution in [0.2, 0.25) is 0 Å². The lowest BCUT2D eigenvalue weighted by Gasteiger charge is -2.27. The molecule has 18 rings (SSSR count). The van der Waals surface area contributed by atoms with Crippen LogP contribution >= 0.6 is 0 Å². The molecule has 0 unspecified atom stereocenters. The highest BCUT2D eigenvalue weighted by atomic mass is 15.2. The first-order valence-electron chi connectivity index (χ1n) is 31.7. The van der Waals surface area contributed by atoms with Crippen molar-refractivity contribution in [2.75, 3.05) is 0 Å². The smallest absolute Gasteiger partial charge is 0.165 e. The van der Waals surface area contributed by atoms with Crippen LogP contribution in [-0.4, -0.2) is 28.2 Å². The number of aromatic nitrogens is 6. The number of hydrogen-bond acceptors (Lipinski definition) is 2. The Balaban J connectivity index is 1.11. The first-order chi connectivity index (χ1) is 45.3. The molecule has 0 radical (unpaired) electrons. The van der Waals surface area contributed by atoms with Gasteiger partial charge in [-0.3, -0.25) is 14.1 Å². The fourth-order valence-corrected chi connectivity index (χ4v) is 14.8. The van der Waals surface area contributed by atoms with Crippen molar-refractivity contribution < 1.29 is 0 Å². The molecule has 0 bridgehead atoms. The Morgan fingerprint density at radius 2 is 0.489 bits per heavy atom. The maximum absolute atomic E-state index is 6.60. The van der Waals surface area contributed by atoms with Crippen molar-refractivity contribution in [3.8, 4) is 78.6 Å². The zero-order valence-electron chi connectivity index (χ0n) is 51.4. The number of rotatable bonds is 9. The third-order valence-electron chi connectivity index (χ3n) is 19.0. The molecule has 6 nitrogen and oxygen atoms in total. The molecule has 6 heteroatoms. The van der Waals surface area contributed by atoms with E-state index < -0.39 is 0 Å². The van der Waals surface area contributed by atoms with Gasteiger partial charge in [0.1, 0.15) is 11.4 Å². The summed E-state index contributed by atoms with van der Waals surface area (Å²) in [6, 6.07) is 103. The Morgan fingerprint density at radius 1 is 0.228 bits per heavy atom. The predicted octanol–water partition coefficient (Wildman–Crippen LogP) is 22.4. The summed E-state index contributed by atoms with van der Waals surface area (Å²) in [5, 5.41) is 9.20. The minimum absolute atomic E-state index is 0.779. The molecule has 18 aromatic rings. The maximum Gasteiger partial charge on any atom is 0.165 e. The van der Waals surface area contributed by atoms with E-state index in [2.05, 4.69) is 331 Å². The number of fused-ring (bicyclic) bond motifs is 12. The topological polar surface area (TPSA) is 45.5 Å². The summed E-state index contributed by atoms with van der Waals surface area (Å²) < 4.78 is 10.0. The number of benzene rings is 12. The van der Waals surface area contributed by atoms with Gasteiger partial charge in [-0.15, -0.1) is 0 Å². The van der Waals surface area contributed by atoms with Crippen molar-refractivity contribution >= 4 is 87.2 Å². The second-order valence-corrected chi connectivity index (χ2v) is 24.9. The lowest BCUT2D eigenvalue weighted by atomic mass is 10.0. The number of hydrogen-bond donors (Lipinski definition) is 0. The molecule has 0 spiro atoms. The summed E-state index contributed by atoms with van der Waals surface area (Å²) in [6.45, 7) is 8.79.